The highest BCUT2D eigenvalue weighted by Crippen LogP contribution is 2.46. The summed E-state index contributed by atoms with van der Waals surface area (Å²) in [5, 5.41) is 17.3. The lowest BCUT2D eigenvalue weighted by Crippen LogP contribution is -2.48. The SMILES string of the molecule is C=CC(=O)N[C@H]1CCC[C@H]1NC(=O)c1sc2nccc3c2c1NC(=O)N3c1ccc(Oc2cccnn2)cc1C. The van der Waals surface area contributed by atoms with Crippen LogP contribution in [0.4, 0.5) is 21.9 Å². The van der Waals surface area contributed by atoms with Crippen molar-refractivity contribution in [2.24, 2.45) is 0 Å². The van der Waals surface area contributed by atoms with Crippen LogP contribution in [-0.2, 0) is 4.79 Å². The summed E-state index contributed by atoms with van der Waals surface area (Å²) in [5.41, 5.74) is 2.52. The van der Waals surface area contributed by atoms with Crippen molar-refractivity contribution in [1.82, 2.24) is 25.8 Å². The number of aromatic nitrogens is 3. The summed E-state index contributed by atoms with van der Waals surface area (Å²) in [6.07, 6.45) is 6.81. The summed E-state index contributed by atoms with van der Waals surface area (Å²) in [7, 11) is 0. The van der Waals surface area contributed by atoms with Gasteiger partial charge in [-0.25, -0.2) is 9.78 Å². The monoisotopic (exact) mass is 555 g/mol. The summed E-state index contributed by atoms with van der Waals surface area (Å²) >= 11 is 1.22. The van der Waals surface area contributed by atoms with Crippen LogP contribution >= 0.6 is 11.3 Å². The van der Waals surface area contributed by atoms with Crippen molar-refractivity contribution in [3.8, 4) is 11.6 Å². The second-order valence-electron chi connectivity index (χ2n) is 9.52. The average molecular weight is 556 g/mol. The molecule has 3 N–H and O–H groups in total. The van der Waals surface area contributed by atoms with Crippen LogP contribution in [0.15, 0.2) is 61.4 Å². The van der Waals surface area contributed by atoms with Crippen LogP contribution < -0.4 is 25.6 Å². The topological polar surface area (TPSA) is 138 Å². The maximum Gasteiger partial charge on any atom is 0.331 e. The molecule has 0 spiro atoms. The number of carbonyl (C=O) groups is 3. The number of urea groups is 1. The van der Waals surface area contributed by atoms with E-state index in [1.807, 2.05) is 13.0 Å². The van der Waals surface area contributed by atoms with Crippen LogP contribution in [0, 0.1) is 6.92 Å². The van der Waals surface area contributed by atoms with Gasteiger partial charge in [-0.2, -0.15) is 5.10 Å². The Bertz CT molecular complexity index is 1660. The molecule has 2 atom stereocenters. The van der Waals surface area contributed by atoms with Gasteiger partial charge in [-0.3, -0.25) is 14.5 Å². The van der Waals surface area contributed by atoms with Crippen LogP contribution in [0.5, 0.6) is 11.6 Å². The first-order valence-corrected chi connectivity index (χ1v) is 13.6. The minimum absolute atomic E-state index is 0.178. The van der Waals surface area contributed by atoms with Crippen LogP contribution in [0.25, 0.3) is 10.2 Å². The molecule has 202 valence electrons. The standard InChI is InChI=1S/C28H25N7O4S/c1-3-21(36)31-17-6-4-7-18(17)32-26(37)25-24-23-20(11-13-29-27(23)40-25)35(28(38)33-24)19-10-9-16(14-15(19)2)39-22-8-5-12-30-34-22/h3,5,8-14,17-18H,1,4,6-7H2,2H3,(H,31,36)(H,32,37)(H,33,38)/t17-,18+/m0/s1. The number of anilines is 3. The number of carbonyl (C=O) groups excluding carboxylic acids is 3. The van der Waals surface area contributed by atoms with Gasteiger partial charge in [-0.05, 0) is 68.2 Å². The Morgan fingerprint density at radius 1 is 1.15 bits per heavy atom. The van der Waals surface area contributed by atoms with Crippen molar-refractivity contribution in [3.63, 3.8) is 0 Å². The molecule has 6 rings (SSSR count). The second kappa shape index (κ2) is 10.4. The summed E-state index contributed by atoms with van der Waals surface area (Å²) in [6, 6.07) is 9.79. The molecule has 4 amide bonds. The van der Waals surface area contributed by atoms with E-state index in [0.29, 0.717) is 43.8 Å². The Kier molecular flexibility index (Phi) is 6.60. The fourth-order valence-electron chi connectivity index (χ4n) is 5.17. The lowest BCUT2D eigenvalue weighted by Gasteiger charge is -2.29. The minimum Gasteiger partial charge on any atom is -0.438 e. The smallest absolute Gasteiger partial charge is 0.331 e. The summed E-state index contributed by atoms with van der Waals surface area (Å²) in [4.78, 5) is 45.8. The summed E-state index contributed by atoms with van der Waals surface area (Å²) in [5.74, 6) is 0.336. The van der Waals surface area contributed by atoms with Crippen LogP contribution in [0.2, 0.25) is 0 Å². The predicted molar refractivity (Wildman–Crippen MR) is 151 cm³/mol. The number of ether oxygens (including phenoxy) is 1. The van der Waals surface area contributed by atoms with Gasteiger partial charge in [0.1, 0.15) is 15.5 Å². The number of rotatable bonds is 7. The van der Waals surface area contributed by atoms with E-state index >= 15 is 0 Å². The first-order chi connectivity index (χ1) is 19.4. The van der Waals surface area contributed by atoms with Gasteiger partial charge in [0.05, 0.1) is 22.4 Å². The zero-order valence-corrected chi connectivity index (χ0v) is 22.3. The Labute approximate surface area is 233 Å². The molecule has 0 saturated heterocycles. The molecule has 1 aliphatic heterocycles. The molecule has 1 fully saturated rings. The second-order valence-corrected chi connectivity index (χ2v) is 10.5. The lowest BCUT2D eigenvalue weighted by atomic mass is 10.1. The van der Waals surface area contributed by atoms with Crippen molar-refractivity contribution in [1.29, 1.82) is 0 Å². The molecule has 1 aliphatic carbocycles. The molecule has 0 radical (unpaired) electrons. The van der Waals surface area contributed by atoms with Gasteiger partial charge in [0.15, 0.2) is 0 Å². The van der Waals surface area contributed by atoms with Crippen molar-refractivity contribution in [2.45, 2.75) is 38.3 Å². The van der Waals surface area contributed by atoms with Crippen molar-refractivity contribution < 1.29 is 19.1 Å². The van der Waals surface area contributed by atoms with Gasteiger partial charge >= 0.3 is 6.03 Å². The highest BCUT2D eigenvalue weighted by Gasteiger charge is 2.35. The zero-order valence-electron chi connectivity index (χ0n) is 21.5. The number of hydrogen-bond donors (Lipinski definition) is 3. The highest BCUT2D eigenvalue weighted by atomic mass is 32.1. The van der Waals surface area contributed by atoms with E-state index < -0.39 is 6.03 Å². The van der Waals surface area contributed by atoms with E-state index in [4.69, 9.17) is 4.74 Å². The van der Waals surface area contributed by atoms with Crippen molar-refractivity contribution in [3.05, 3.63) is 71.9 Å². The maximum absolute atomic E-state index is 13.5. The molecule has 0 bridgehead atoms. The van der Waals surface area contributed by atoms with E-state index in [1.54, 1.807) is 47.6 Å². The number of amides is 4. The van der Waals surface area contributed by atoms with E-state index in [0.717, 1.165) is 24.8 Å². The van der Waals surface area contributed by atoms with E-state index in [-0.39, 0.29) is 23.9 Å². The predicted octanol–water partition coefficient (Wildman–Crippen LogP) is 4.82. The number of nitrogens with zero attached hydrogens (tertiary/aromatic N) is 4. The van der Waals surface area contributed by atoms with Gasteiger partial charge in [0.2, 0.25) is 11.8 Å². The van der Waals surface area contributed by atoms with Crippen molar-refractivity contribution in [2.75, 3.05) is 10.2 Å². The Morgan fingerprint density at radius 3 is 2.73 bits per heavy atom. The quantitative estimate of drug-likeness (QED) is 0.278. The van der Waals surface area contributed by atoms with Gasteiger partial charge in [0.25, 0.3) is 5.91 Å². The first kappa shape index (κ1) is 25.4. The van der Waals surface area contributed by atoms with E-state index in [1.165, 1.54) is 17.4 Å². The van der Waals surface area contributed by atoms with Crippen LogP contribution in [0.1, 0.15) is 34.5 Å². The van der Waals surface area contributed by atoms with Gasteiger partial charge in [-0.15, -0.1) is 16.4 Å². The molecule has 4 heterocycles. The molecule has 2 aliphatic rings. The molecule has 1 saturated carbocycles. The minimum atomic E-state index is -0.393. The van der Waals surface area contributed by atoms with Gasteiger partial charge < -0.3 is 20.7 Å². The molecule has 40 heavy (non-hydrogen) atoms. The maximum atomic E-state index is 13.5. The number of hydrogen-bond acceptors (Lipinski definition) is 8. The third-order valence-electron chi connectivity index (χ3n) is 6.98. The number of aryl methyl sites for hydroxylation is 1. The number of thiophene rings is 1. The molecule has 1 aromatic carbocycles. The van der Waals surface area contributed by atoms with Crippen LogP contribution in [-0.4, -0.2) is 45.1 Å². The largest absolute Gasteiger partial charge is 0.438 e. The van der Waals surface area contributed by atoms with E-state index in [9.17, 15) is 14.4 Å². The molecular weight excluding hydrogens is 530 g/mol. The van der Waals surface area contributed by atoms with Crippen LogP contribution in [0.3, 0.4) is 0 Å². The highest BCUT2D eigenvalue weighted by molar-refractivity contribution is 7.21. The molecule has 11 nitrogen and oxygen atoms in total. The number of benzene rings is 1. The fourth-order valence-corrected chi connectivity index (χ4v) is 6.19. The Morgan fingerprint density at radius 2 is 1.98 bits per heavy atom. The Hall–Kier alpha value is -4.84. The van der Waals surface area contributed by atoms with Gasteiger partial charge in [0, 0.05) is 30.5 Å². The average Bonchev–Trinajstić information content (AvgIpc) is 3.55. The third kappa shape index (κ3) is 4.62. The first-order valence-electron chi connectivity index (χ1n) is 12.8. The molecular formula is C28H25N7O4S. The third-order valence-corrected chi connectivity index (χ3v) is 8.07. The van der Waals surface area contributed by atoms with Crippen molar-refractivity contribution >= 4 is 56.5 Å². The lowest BCUT2D eigenvalue weighted by molar-refractivity contribution is -0.117. The molecule has 3 aromatic heterocycles. The van der Waals surface area contributed by atoms with Gasteiger partial charge in [-0.1, -0.05) is 6.58 Å². The van der Waals surface area contributed by atoms with E-state index in [2.05, 4.69) is 37.7 Å². The Balaban J connectivity index is 1.30. The number of pyridine rings is 1. The number of nitrogens with one attached hydrogen (secondary N) is 3. The zero-order chi connectivity index (χ0) is 27.8. The molecule has 4 aromatic rings. The summed E-state index contributed by atoms with van der Waals surface area (Å²) in [6.45, 7) is 5.38. The molecule has 0 unspecified atom stereocenters. The fraction of sp³-hybridized carbons (Fsp3) is 0.214. The summed E-state index contributed by atoms with van der Waals surface area (Å²) < 4.78 is 5.79. The molecule has 12 heteroatoms. The normalized spacial score (nSPS) is 17.8.